The van der Waals surface area contributed by atoms with Gasteiger partial charge in [-0.2, -0.15) is 0 Å². The summed E-state index contributed by atoms with van der Waals surface area (Å²) in [4.78, 5) is 35.9. The van der Waals surface area contributed by atoms with Crippen LogP contribution in [0, 0.1) is 0 Å². The van der Waals surface area contributed by atoms with Gasteiger partial charge in [0.15, 0.2) is 10.3 Å². The minimum absolute atomic E-state index is 0.0544. The second-order valence-electron chi connectivity index (χ2n) is 5.78. The van der Waals surface area contributed by atoms with Crippen LogP contribution in [0.25, 0.3) is 20.4 Å². The fraction of sp³-hybridized carbons (Fsp3) is 0.222. The van der Waals surface area contributed by atoms with Gasteiger partial charge in [0.1, 0.15) is 4.70 Å². The molecule has 0 unspecified atom stereocenters. The Balaban J connectivity index is 1.56. The highest BCUT2D eigenvalue weighted by Crippen LogP contribution is 2.29. The van der Waals surface area contributed by atoms with E-state index in [0.29, 0.717) is 27.0 Å². The highest BCUT2D eigenvalue weighted by atomic mass is 32.2. The summed E-state index contributed by atoms with van der Waals surface area (Å²) >= 11 is 4.16. The number of aromatic nitrogens is 3. The monoisotopic (exact) mass is 416 g/mol. The Morgan fingerprint density at radius 2 is 2.04 bits per heavy atom. The Morgan fingerprint density at radius 1 is 1.22 bits per heavy atom. The molecule has 3 heterocycles. The molecule has 0 saturated carbocycles. The number of para-hydroxylation sites is 1. The van der Waals surface area contributed by atoms with Gasteiger partial charge in [0.25, 0.3) is 5.56 Å². The molecule has 0 fully saturated rings. The van der Waals surface area contributed by atoms with Crippen molar-refractivity contribution in [3.05, 3.63) is 46.1 Å². The van der Waals surface area contributed by atoms with Gasteiger partial charge in [0.05, 0.1) is 21.5 Å². The van der Waals surface area contributed by atoms with Crippen LogP contribution < -0.4 is 10.5 Å². The SMILES string of the molecule is CCN(C(=O)CSc1nc2ccsc2c(=O)n1C)c1nc2ccccc2s1. The number of hydrogen-bond acceptors (Lipinski definition) is 7. The van der Waals surface area contributed by atoms with E-state index >= 15 is 0 Å². The lowest BCUT2D eigenvalue weighted by Gasteiger charge is -2.17. The minimum Gasteiger partial charge on any atom is -0.290 e. The van der Waals surface area contributed by atoms with Crippen molar-refractivity contribution >= 4 is 65.9 Å². The van der Waals surface area contributed by atoms with Gasteiger partial charge in [-0.15, -0.1) is 11.3 Å². The lowest BCUT2D eigenvalue weighted by Crippen LogP contribution is -2.32. The summed E-state index contributed by atoms with van der Waals surface area (Å²) in [7, 11) is 1.69. The average Bonchev–Trinajstić information content (AvgIpc) is 3.30. The summed E-state index contributed by atoms with van der Waals surface area (Å²) < 4.78 is 3.20. The first-order valence-corrected chi connectivity index (χ1v) is 11.0. The van der Waals surface area contributed by atoms with Gasteiger partial charge < -0.3 is 0 Å². The van der Waals surface area contributed by atoms with E-state index < -0.39 is 0 Å². The van der Waals surface area contributed by atoms with Gasteiger partial charge in [0, 0.05) is 13.6 Å². The van der Waals surface area contributed by atoms with Gasteiger partial charge in [-0.05, 0) is 30.5 Å². The molecule has 0 aliphatic rings. The molecule has 0 atom stereocenters. The molecule has 6 nitrogen and oxygen atoms in total. The molecule has 0 bridgehead atoms. The summed E-state index contributed by atoms with van der Waals surface area (Å²) in [5.74, 6) is 0.140. The Bertz CT molecular complexity index is 1160. The lowest BCUT2D eigenvalue weighted by molar-refractivity contribution is -0.116. The lowest BCUT2D eigenvalue weighted by atomic mass is 10.3. The van der Waals surface area contributed by atoms with Gasteiger partial charge in [-0.25, -0.2) is 9.97 Å². The summed E-state index contributed by atoms with van der Waals surface area (Å²) in [6.07, 6.45) is 0. The average molecular weight is 417 g/mol. The van der Waals surface area contributed by atoms with Crippen LogP contribution in [0.3, 0.4) is 0 Å². The third-order valence-corrected chi connectivity index (χ3v) is 7.07. The Labute approximate surface area is 167 Å². The van der Waals surface area contributed by atoms with Crippen LogP contribution in [0.1, 0.15) is 6.92 Å². The number of thioether (sulfide) groups is 1. The standard InChI is InChI=1S/C18H16N4O2S3/c1-3-22(18-19-11-6-4-5-7-13(11)27-18)14(23)10-26-17-20-12-8-9-25-15(12)16(24)21(17)2/h4-9H,3,10H2,1-2H3. The number of hydrogen-bond donors (Lipinski definition) is 0. The van der Waals surface area contributed by atoms with Crippen molar-refractivity contribution < 1.29 is 4.79 Å². The van der Waals surface area contributed by atoms with Crippen molar-refractivity contribution in [1.29, 1.82) is 0 Å². The molecule has 0 saturated heterocycles. The molecule has 0 radical (unpaired) electrons. The van der Waals surface area contributed by atoms with Crippen molar-refractivity contribution in [2.75, 3.05) is 17.2 Å². The quantitative estimate of drug-likeness (QED) is 0.366. The molecule has 0 aliphatic heterocycles. The molecule has 1 aromatic carbocycles. The largest absolute Gasteiger partial charge is 0.290 e. The van der Waals surface area contributed by atoms with E-state index in [0.717, 1.165) is 10.2 Å². The number of fused-ring (bicyclic) bond motifs is 2. The number of carbonyl (C=O) groups excluding carboxylic acids is 1. The number of rotatable bonds is 5. The summed E-state index contributed by atoms with van der Waals surface area (Å²) in [6, 6.07) is 9.67. The summed E-state index contributed by atoms with van der Waals surface area (Å²) in [5, 5.41) is 3.09. The number of thiophene rings is 1. The van der Waals surface area contributed by atoms with E-state index in [-0.39, 0.29) is 17.2 Å². The van der Waals surface area contributed by atoms with Crippen LogP contribution in [0.15, 0.2) is 45.7 Å². The van der Waals surface area contributed by atoms with Crippen molar-refractivity contribution in [2.24, 2.45) is 7.05 Å². The Morgan fingerprint density at radius 3 is 2.81 bits per heavy atom. The predicted molar refractivity (Wildman–Crippen MR) is 113 cm³/mol. The molecular weight excluding hydrogens is 400 g/mol. The summed E-state index contributed by atoms with van der Waals surface area (Å²) in [5.41, 5.74) is 1.49. The van der Waals surface area contributed by atoms with Crippen molar-refractivity contribution in [2.45, 2.75) is 12.1 Å². The number of carbonyl (C=O) groups is 1. The maximum Gasteiger partial charge on any atom is 0.271 e. The van der Waals surface area contributed by atoms with Gasteiger partial charge in [-0.3, -0.25) is 19.1 Å². The van der Waals surface area contributed by atoms with E-state index in [4.69, 9.17) is 0 Å². The molecule has 138 valence electrons. The van der Waals surface area contributed by atoms with Crippen molar-refractivity contribution in [3.8, 4) is 0 Å². The number of thiazole rings is 1. The molecule has 1 amide bonds. The zero-order valence-electron chi connectivity index (χ0n) is 14.7. The number of benzene rings is 1. The molecule has 27 heavy (non-hydrogen) atoms. The normalized spacial score (nSPS) is 11.3. The van der Waals surface area contributed by atoms with E-state index in [1.807, 2.05) is 42.6 Å². The predicted octanol–water partition coefficient (Wildman–Crippen LogP) is 3.75. The minimum atomic E-state index is -0.0801. The second-order valence-corrected chi connectivity index (χ2v) is 8.65. The van der Waals surface area contributed by atoms with Gasteiger partial charge in [-0.1, -0.05) is 35.2 Å². The van der Waals surface area contributed by atoms with Crippen LogP contribution in [0.5, 0.6) is 0 Å². The molecule has 0 N–H and O–H groups in total. The highest BCUT2D eigenvalue weighted by Gasteiger charge is 2.19. The maximum atomic E-state index is 12.8. The smallest absolute Gasteiger partial charge is 0.271 e. The number of amides is 1. The molecule has 3 aromatic heterocycles. The number of anilines is 1. The molecule has 0 spiro atoms. The Kier molecular flexibility index (Phi) is 4.98. The molecule has 4 rings (SSSR count). The first-order chi connectivity index (χ1) is 13.1. The summed E-state index contributed by atoms with van der Waals surface area (Å²) in [6.45, 7) is 2.47. The highest BCUT2D eigenvalue weighted by molar-refractivity contribution is 7.99. The number of nitrogens with zero attached hydrogens (tertiary/aromatic N) is 4. The second kappa shape index (κ2) is 7.41. The van der Waals surface area contributed by atoms with Crippen LogP contribution in [0.2, 0.25) is 0 Å². The van der Waals surface area contributed by atoms with Crippen LogP contribution in [0.4, 0.5) is 5.13 Å². The van der Waals surface area contributed by atoms with E-state index in [2.05, 4.69) is 9.97 Å². The molecule has 0 aliphatic carbocycles. The topological polar surface area (TPSA) is 68.1 Å². The maximum absolute atomic E-state index is 12.8. The molecular formula is C18H16N4O2S3. The zero-order chi connectivity index (χ0) is 19.0. The van der Waals surface area contributed by atoms with Crippen LogP contribution in [-0.2, 0) is 11.8 Å². The van der Waals surface area contributed by atoms with E-state index in [1.54, 1.807) is 11.9 Å². The van der Waals surface area contributed by atoms with Crippen LogP contribution in [-0.4, -0.2) is 32.7 Å². The van der Waals surface area contributed by atoms with Crippen LogP contribution >= 0.6 is 34.4 Å². The third-order valence-electron chi connectivity index (χ3n) is 4.10. The van der Waals surface area contributed by atoms with E-state index in [1.165, 1.54) is 39.0 Å². The molecule has 9 heteroatoms. The molecule has 4 aromatic rings. The first-order valence-electron chi connectivity index (χ1n) is 8.31. The zero-order valence-corrected chi connectivity index (χ0v) is 17.2. The third kappa shape index (κ3) is 3.38. The fourth-order valence-corrected chi connectivity index (χ4v) is 5.39. The Hall–Kier alpha value is -2.23. The van der Waals surface area contributed by atoms with Gasteiger partial charge in [0.2, 0.25) is 5.91 Å². The fourth-order valence-electron chi connectivity index (χ4n) is 2.69. The van der Waals surface area contributed by atoms with Crippen molar-refractivity contribution in [3.63, 3.8) is 0 Å². The first kappa shape index (κ1) is 18.1. The van der Waals surface area contributed by atoms with E-state index in [9.17, 15) is 9.59 Å². The van der Waals surface area contributed by atoms with Crippen molar-refractivity contribution in [1.82, 2.24) is 14.5 Å². The van der Waals surface area contributed by atoms with Gasteiger partial charge >= 0.3 is 0 Å².